The van der Waals surface area contributed by atoms with Crippen LogP contribution in [0.5, 0.6) is 0 Å². The van der Waals surface area contributed by atoms with Crippen LogP contribution in [0.25, 0.3) is 11.0 Å². The van der Waals surface area contributed by atoms with Gasteiger partial charge in [-0.25, -0.2) is 0 Å². The number of hydrogen-bond acceptors (Lipinski definition) is 3. The van der Waals surface area contributed by atoms with Gasteiger partial charge in [-0.05, 0) is 36.8 Å². The van der Waals surface area contributed by atoms with Gasteiger partial charge >= 0.3 is 11.1 Å². The zero-order valence-corrected chi connectivity index (χ0v) is 15.8. The van der Waals surface area contributed by atoms with E-state index in [2.05, 4.69) is 21.2 Å². The van der Waals surface area contributed by atoms with Crippen molar-refractivity contribution in [2.24, 2.45) is 0 Å². The number of carbonyl (C=O) groups is 1. The fourth-order valence-corrected chi connectivity index (χ4v) is 3.34. The molecule has 1 heterocycles. The van der Waals surface area contributed by atoms with Gasteiger partial charge in [-0.1, -0.05) is 40.2 Å². The molecule has 1 N–H and O–H groups in total. The van der Waals surface area contributed by atoms with Gasteiger partial charge in [0, 0.05) is 17.6 Å². The summed E-state index contributed by atoms with van der Waals surface area (Å²) in [6, 6.07) is 14.7. The highest BCUT2D eigenvalue weighted by molar-refractivity contribution is 9.10. The molecule has 0 unspecified atom stereocenters. The number of para-hydroxylation sites is 2. The third kappa shape index (κ3) is 3.62. The van der Waals surface area contributed by atoms with Crippen LogP contribution in [0, 0.1) is 0 Å². The van der Waals surface area contributed by atoms with Crippen LogP contribution in [-0.4, -0.2) is 15.0 Å². The summed E-state index contributed by atoms with van der Waals surface area (Å²) in [6.45, 7) is 2.34. The summed E-state index contributed by atoms with van der Waals surface area (Å²) in [5, 5.41) is 2.79. The van der Waals surface area contributed by atoms with Crippen LogP contribution in [0.4, 0.5) is 0 Å². The van der Waals surface area contributed by atoms with E-state index in [9.17, 15) is 14.4 Å². The van der Waals surface area contributed by atoms with Crippen molar-refractivity contribution < 1.29 is 4.79 Å². The maximum Gasteiger partial charge on any atom is 0.317 e. The Bertz CT molecular complexity index is 1090. The molecule has 0 saturated carbocycles. The lowest BCUT2D eigenvalue weighted by atomic mass is 10.2. The summed E-state index contributed by atoms with van der Waals surface area (Å²) >= 11 is 3.39. The van der Waals surface area contributed by atoms with E-state index in [1.807, 2.05) is 31.2 Å². The van der Waals surface area contributed by atoms with Crippen molar-refractivity contribution >= 4 is 32.9 Å². The van der Waals surface area contributed by atoms with Gasteiger partial charge < -0.3 is 9.88 Å². The molecule has 0 fully saturated rings. The number of rotatable bonds is 5. The highest BCUT2D eigenvalue weighted by atomic mass is 79.9. The Morgan fingerprint density at radius 3 is 2.31 bits per heavy atom. The van der Waals surface area contributed by atoms with Gasteiger partial charge in [0.05, 0.1) is 11.0 Å². The Kier molecular flexibility index (Phi) is 5.37. The first-order valence-corrected chi connectivity index (χ1v) is 9.04. The van der Waals surface area contributed by atoms with Crippen molar-refractivity contribution in [3.63, 3.8) is 0 Å². The Labute approximate surface area is 158 Å². The Morgan fingerprint density at radius 1 is 1.00 bits per heavy atom. The van der Waals surface area contributed by atoms with Crippen molar-refractivity contribution in [1.29, 1.82) is 0 Å². The van der Waals surface area contributed by atoms with E-state index in [4.69, 9.17) is 0 Å². The third-order valence-electron chi connectivity index (χ3n) is 4.13. The highest BCUT2D eigenvalue weighted by Gasteiger charge is 2.14. The third-order valence-corrected chi connectivity index (χ3v) is 4.63. The second kappa shape index (κ2) is 7.70. The quantitative estimate of drug-likeness (QED) is 0.649. The molecule has 7 heteroatoms. The molecule has 26 heavy (non-hydrogen) atoms. The summed E-state index contributed by atoms with van der Waals surface area (Å²) in [5.74, 6) is -0.328. The average Bonchev–Trinajstić information content (AvgIpc) is 2.64. The minimum atomic E-state index is -0.692. The first-order valence-electron chi connectivity index (χ1n) is 8.24. The van der Waals surface area contributed by atoms with E-state index < -0.39 is 11.1 Å². The Hall–Kier alpha value is -2.67. The van der Waals surface area contributed by atoms with Crippen LogP contribution in [0.2, 0.25) is 0 Å². The minimum absolute atomic E-state index is 0.201. The Balaban J connectivity index is 1.89. The molecule has 0 spiro atoms. The van der Waals surface area contributed by atoms with Crippen LogP contribution >= 0.6 is 15.9 Å². The number of hydrogen-bond donors (Lipinski definition) is 1. The molecule has 3 aromatic rings. The lowest BCUT2D eigenvalue weighted by molar-refractivity contribution is -0.121. The Morgan fingerprint density at radius 2 is 1.65 bits per heavy atom. The zero-order chi connectivity index (χ0) is 18.7. The summed E-state index contributed by atoms with van der Waals surface area (Å²) in [6.07, 6.45) is 0. The number of amides is 1. The van der Waals surface area contributed by atoms with E-state index in [1.165, 1.54) is 9.13 Å². The maximum atomic E-state index is 12.5. The van der Waals surface area contributed by atoms with Gasteiger partial charge in [0.25, 0.3) is 0 Å². The summed E-state index contributed by atoms with van der Waals surface area (Å²) < 4.78 is 3.59. The number of nitrogens with one attached hydrogen (secondary N) is 1. The van der Waals surface area contributed by atoms with Gasteiger partial charge in [0.2, 0.25) is 5.91 Å². The predicted octanol–water partition coefficient (Wildman–Crippen LogP) is 2.26. The first kappa shape index (κ1) is 18.1. The fraction of sp³-hybridized carbons (Fsp3) is 0.211. The molecule has 1 aromatic heterocycles. The number of carbonyl (C=O) groups excluding carboxylic acids is 1. The molecule has 0 aliphatic carbocycles. The number of halogens is 1. The van der Waals surface area contributed by atoms with Crippen molar-refractivity contribution in [3.8, 4) is 0 Å². The zero-order valence-electron chi connectivity index (χ0n) is 14.2. The topological polar surface area (TPSA) is 73.1 Å². The summed E-state index contributed by atoms with van der Waals surface area (Å²) in [4.78, 5) is 37.1. The fourth-order valence-electron chi connectivity index (χ4n) is 2.89. The first-order chi connectivity index (χ1) is 12.5. The molecule has 0 atom stereocenters. The van der Waals surface area contributed by atoms with E-state index >= 15 is 0 Å². The SMILES string of the molecule is CCn1c(=O)c(=O)n(CC(=O)NCc2cccc(Br)c2)c2ccccc21. The van der Waals surface area contributed by atoms with Gasteiger partial charge in [-0.15, -0.1) is 0 Å². The average molecular weight is 416 g/mol. The normalized spacial score (nSPS) is 10.8. The lowest BCUT2D eigenvalue weighted by Crippen LogP contribution is -2.43. The second-order valence-corrected chi connectivity index (χ2v) is 6.75. The lowest BCUT2D eigenvalue weighted by Gasteiger charge is -2.14. The molecule has 0 saturated heterocycles. The van der Waals surface area contributed by atoms with Crippen molar-refractivity contribution in [3.05, 3.63) is 79.3 Å². The van der Waals surface area contributed by atoms with E-state index in [1.54, 1.807) is 24.3 Å². The number of fused-ring (bicyclic) bond motifs is 1. The van der Waals surface area contributed by atoms with Crippen molar-refractivity contribution in [1.82, 2.24) is 14.5 Å². The predicted molar refractivity (Wildman–Crippen MR) is 104 cm³/mol. The van der Waals surface area contributed by atoms with Crippen molar-refractivity contribution in [2.75, 3.05) is 0 Å². The van der Waals surface area contributed by atoms with E-state index in [0.29, 0.717) is 24.1 Å². The maximum absolute atomic E-state index is 12.5. The van der Waals surface area contributed by atoms with Gasteiger partial charge in [0.1, 0.15) is 6.54 Å². The van der Waals surface area contributed by atoms with Crippen LogP contribution in [-0.2, 0) is 24.4 Å². The molecule has 1 amide bonds. The van der Waals surface area contributed by atoms with E-state index in [0.717, 1.165) is 10.0 Å². The molecule has 134 valence electrons. The van der Waals surface area contributed by atoms with Crippen LogP contribution in [0.15, 0.2) is 62.6 Å². The molecule has 0 aliphatic heterocycles. The molecule has 6 nitrogen and oxygen atoms in total. The molecule has 2 aromatic carbocycles. The standard InChI is InChI=1S/C19H18BrN3O3/c1-2-22-15-8-3-4-9-16(15)23(19(26)18(22)25)12-17(24)21-11-13-6-5-7-14(20)10-13/h3-10H,2,11-12H2,1H3,(H,21,24). The number of aromatic nitrogens is 2. The molecule has 3 rings (SSSR count). The van der Waals surface area contributed by atoms with Gasteiger partial charge in [-0.2, -0.15) is 0 Å². The number of aryl methyl sites for hydroxylation is 1. The van der Waals surface area contributed by atoms with Crippen LogP contribution in [0.1, 0.15) is 12.5 Å². The molecular weight excluding hydrogens is 398 g/mol. The van der Waals surface area contributed by atoms with Gasteiger partial charge in [-0.3, -0.25) is 19.0 Å². The summed E-state index contributed by atoms with van der Waals surface area (Å²) in [7, 11) is 0. The van der Waals surface area contributed by atoms with E-state index in [-0.39, 0.29) is 12.5 Å². The van der Waals surface area contributed by atoms with Gasteiger partial charge in [0.15, 0.2) is 0 Å². The molecule has 0 radical (unpaired) electrons. The van der Waals surface area contributed by atoms with Crippen LogP contribution in [0.3, 0.4) is 0 Å². The number of benzene rings is 2. The highest BCUT2D eigenvalue weighted by Crippen LogP contribution is 2.12. The van der Waals surface area contributed by atoms with Crippen molar-refractivity contribution in [2.45, 2.75) is 26.6 Å². The number of nitrogens with zero attached hydrogens (tertiary/aromatic N) is 2. The smallest absolute Gasteiger partial charge is 0.317 e. The second-order valence-electron chi connectivity index (χ2n) is 5.84. The molecule has 0 bridgehead atoms. The summed E-state index contributed by atoms with van der Waals surface area (Å²) in [5.41, 5.74) is 0.830. The monoisotopic (exact) mass is 415 g/mol. The molecule has 0 aliphatic rings. The van der Waals surface area contributed by atoms with Crippen LogP contribution < -0.4 is 16.4 Å². The molecular formula is C19H18BrN3O3. The largest absolute Gasteiger partial charge is 0.350 e. The minimum Gasteiger partial charge on any atom is -0.350 e.